The van der Waals surface area contributed by atoms with Crippen LogP contribution in [0.2, 0.25) is 0 Å². The highest BCUT2D eigenvalue weighted by atomic mass is 32.9. The Balaban J connectivity index is 2.03. The SMILES string of the molecule is CN1CCN(c2n/c(=N/C(=O)NC(C)(C)C)ss2)CC1. The van der Waals surface area contributed by atoms with Gasteiger partial charge in [0.1, 0.15) is 0 Å². The lowest BCUT2D eigenvalue weighted by molar-refractivity contribution is 0.240. The quantitative estimate of drug-likeness (QED) is 0.795. The van der Waals surface area contributed by atoms with Gasteiger partial charge >= 0.3 is 6.03 Å². The Hall–Kier alpha value is -0.990. The Bertz CT molecular complexity index is 522. The molecule has 6 nitrogen and oxygen atoms in total. The molecular weight excluding hydrogens is 294 g/mol. The molecule has 2 heterocycles. The van der Waals surface area contributed by atoms with Crippen molar-refractivity contribution >= 4 is 31.8 Å². The van der Waals surface area contributed by atoms with Crippen molar-refractivity contribution in [1.82, 2.24) is 15.2 Å². The first-order valence-electron chi connectivity index (χ1n) is 6.61. The molecule has 1 saturated heterocycles. The van der Waals surface area contributed by atoms with Crippen LogP contribution in [0.4, 0.5) is 9.93 Å². The van der Waals surface area contributed by atoms with Gasteiger partial charge in [-0.15, -0.1) is 0 Å². The molecule has 1 aromatic rings. The lowest BCUT2D eigenvalue weighted by Crippen LogP contribution is -2.44. The Kier molecular flexibility index (Phi) is 4.77. The number of carbonyl (C=O) groups is 1. The molecule has 1 aromatic heterocycles. The van der Waals surface area contributed by atoms with Gasteiger partial charge in [0.15, 0.2) is 5.13 Å². The summed E-state index contributed by atoms with van der Waals surface area (Å²) in [7, 11) is 5.15. The number of hydrogen-bond acceptors (Lipinski definition) is 6. The van der Waals surface area contributed by atoms with Crippen molar-refractivity contribution in [2.75, 3.05) is 38.1 Å². The number of anilines is 1. The van der Waals surface area contributed by atoms with Gasteiger partial charge in [0.05, 0.1) is 0 Å². The number of carbonyl (C=O) groups excluding carboxylic acids is 1. The largest absolute Gasteiger partial charge is 0.345 e. The van der Waals surface area contributed by atoms with Gasteiger partial charge in [-0.05, 0) is 48.5 Å². The Morgan fingerprint density at radius 1 is 1.25 bits per heavy atom. The van der Waals surface area contributed by atoms with Crippen LogP contribution < -0.4 is 15.0 Å². The smallest absolute Gasteiger partial charge is 0.344 e. The van der Waals surface area contributed by atoms with Gasteiger partial charge in [-0.3, -0.25) is 0 Å². The molecular formula is C12H21N5OS2. The Morgan fingerprint density at radius 3 is 2.50 bits per heavy atom. The normalized spacial score (nSPS) is 18.4. The summed E-state index contributed by atoms with van der Waals surface area (Å²) in [6.07, 6.45) is 0. The number of hydrogen-bond donors (Lipinski definition) is 1. The zero-order valence-corrected chi connectivity index (χ0v) is 14.0. The molecule has 0 aromatic carbocycles. The third kappa shape index (κ3) is 4.53. The second-order valence-electron chi connectivity index (χ2n) is 5.93. The average Bonchev–Trinajstić information content (AvgIpc) is 2.75. The Morgan fingerprint density at radius 2 is 1.90 bits per heavy atom. The molecule has 0 bridgehead atoms. The van der Waals surface area contributed by atoms with E-state index in [4.69, 9.17) is 0 Å². The molecule has 0 aliphatic carbocycles. The number of nitrogens with one attached hydrogen (secondary N) is 1. The maximum Gasteiger partial charge on any atom is 0.344 e. The first kappa shape index (κ1) is 15.4. The van der Waals surface area contributed by atoms with Crippen LogP contribution in [0.25, 0.3) is 0 Å². The standard InChI is InChI=1S/C12H21N5OS2/c1-12(2,3)15-9(18)13-10-14-11(20-19-10)17-7-5-16(4)6-8-17/h5-8H2,1-4H3,(H,15,18)/b13-10-. The minimum atomic E-state index is -0.330. The van der Waals surface area contributed by atoms with Crippen molar-refractivity contribution in [2.45, 2.75) is 26.3 Å². The number of urea groups is 1. The molecule has 1 fully saturated rings. The number of aromatic nitrogens is 1. The van der Waals surface area contributed by atoms with Crippen LogP contribution >= 0.6 is 20.7 Å². The number of amides is 2. The number of rotatable bonds is 1. The van der Waals surface area contributed by atoms with E-state index in [1.807, 2.05) is 20.8 Å². The van der Waals surface area contributed by atoms with Crippen LogP contribution in [0.3, 0.4) is 0 Å². The summed E-state index contributed by atoms with van der Waals surface area (Å²) in [6.45, 7) is 9.83. The lowest BCUT2D eigenvalue weighted by Gasteiger charge is -2.31. The molecule has 0 atom stereocenters. The molecule has 1 aliphatic heterocycles. The fourth-order valence-electron chi connectivity index (χ4n) is 1.79. The molecule has 1 N–H and O–H groups in total. The van der Waals surface area contributed by atoms with E-state index in [2.05, 4.69) is 32.1 Å². The number of nitrogens with zero attached hydrogens (tertiary/aromatic N) is 4. The molecule has 0 unspecified atom stereocenters. The summed E-state index contributed by atoms with van der Waals surface area (Å²) >= 11 is 0. The topological polar surface area (TPSA) is 60.8 Å². The Labute approximate surface area is 126 Å². The maximum atomic E-state index is 11.7. The summed E-state index contributed by atoms with van der Waals surface area (Å²) < 4.78 is 0. The van der Waals surface area contributed by atoms with E-state index in [0.717, 1.165) is 31.3 Å². The van der Waals surface area contributed by atoms with Gasteiger partial charge in [0.2, 0.25) is 4.80 Å². The van der Waals surface area contributed by atoms with E-state index in [9.17, 15) is 4.79 Å². The van der Waals surface area contributed by atoms with Crippen molar-refractivity contribution in [3.63, 3.8) is 0 Å². The second-order valence-corrected chi connectivity index (χ2v) is 7.99. The fourth-order valence-corrected chi connectivity index (χ4v) is 3.76. The van der Waals surface area contributed by atoms with E-state index in [-0.39, 0.29) is 11.6 Å². The molecule has 20 heavy (non-hydrogen) atoms. The third-order valence-corrected chi connectivity index (χ3v) is 4.89. The minimum Gasteiger partial charge on any atom is -0.345 e. The van der Waals surface area contributed by atoms with Crippen molar-refractivity contribution in [3.8, 4) is 0 Å². The highest BCUT2D eigenvalue weighted by molar-refractivity contribution is 7.69. The molecule has 0 spiro atoms. The summed E-state index contributed by atoms with van der Waals surface area (Å²) in [6, 6.07) is -0.330. The van der Waals surface area contributed by atoms with Gasteiger partial charge in [0.25, 0.3) is 0 Å². The van der Waals surface area contributed by atoms with Crippen molar-refractivity contribution in [3.05, 3.63) is 4.80 Å². The van der Waals surface area contributed by atoms with Crippen LogP contribution in [0.15, 0.2) is 4.99 Å². The highest BCUT2D eigenvalue weighted by Gasteiger charge is 2.17. The molecule has 2 rings (SSSR count). The second kappa shape index (κ2) is 6.19. The van der Waals surface area contributed by atoms with Crippen LogP contribution in [0.1, 0.15) is 20.8 Å². The van der Waals surface area contributed by atoms with E-state index in [1.54, 1.807) is 10.3 Å². The summed E-state index contributed by atoms with van der Waals surface area (Å²) in [5.74, 6) is 0. The lowest BCUT2D eigenvalue weighted by atomic mass is 10.1. The van der Waals surface area contributed by atoms with Crippen LogP contribution in [0.5, 0.6) is 0 Å². The fraction of sp³-hybridized carbons (Fsp3) is 0.750. The molecule has 1 aliphatic rings. The van der Waals surface area contributed by atoms with E-state index >= 15 is 0 Å². The van der Waals surface area contributed by atoms with Gasteiger partial charge in [0, 0.05) is 31.7 Å². The first-order valence-corrected chi connectivity index (χ1v) is 8.76. The van der Waals surface area contributed by atoms with Crippen LogP contribution in [0, 0.1) is 0 Å². The minimum absolute atomic E-state index is 0.276. The van der Waals surface area contributed by atoms with Gasteiger partial charge in [-0.1, -0.05) is 0 Å². The maximum absolute atomic E-state index is 11.7. The highest BCUT2D eigenvalue weighted by Crippen LogP contribution is 2.19. The zero-order valence-electron chi connectivity index (χ0n) is 12.3. The summed E-state index contributed by atoms with van der Waals surface area (Å²) in [4.78, 5) is 25.3. The van der Waals surface area contributed by atoms with Gasteiger partial charge in [-0.2, -0.15) is 9.98 Å². The van der Waals surface area contributed by atoms with Crippen LogP contribution in [-0.2, 0) is 0 Å². The molecule has 8 heteroatoms. The van der Waals surface area contributed by atoms with Crippen molar-refractivity contribution < 1.29 is 4.79 Å². The van der Waals surface area contributed by atoms with Crippen molar-refractivity contribution in [1.29, 1.82) is 0 Å². The van der Waals surface area contributed by atoms with Gasteiger partial charge in [-0.25, -0.2) is 4.79 Å². The molecule has 0 radical (unpaired) electrons. The van der Waals surface area contributed by atoms with Crippen LogP contribution in [-0.4, -0.2) is 54.7 Å². The molecule has 0 saturated carbocycles. The number of likely N-dealkylation sites (N-methyl/N-ethyl adjacent to an activating group) is 1. The van der Waals surface area contributed by atoms with E-state index in [0.29, 0.717) is 4.80 Å². The summed E-state index contributed by atoms with van der Waals surface area (Å²) in [5, 5.41) is 3.77. The molecule has 2 amide bonds. The summed E-state index contributed by atoms with van der Waals surface area (Å²) in [5.41, 5.74) is -0.276. The first-order chi connectivity index (χ1) is 9.33. The van der Waals surface area contributed by atoms with Gasteiger partial charge < -0.3 is 15.1 Å². The van der Waals surface area contributed by atoms with Crippen molar-refractivity contribution in [2.24, 2.45) is 4.99 Å². The number of piperazine rings is 1. The third-order valence-electron chi connectivity index (χ3n) is 2.83. The van der Waals surface area contributed by atoms with E-state index in [1.165, 1.54) is 10.3 Å². The van der Waals surface area contributed by atoms with E-state index < -0.39 is 0 Å². The average molecular weight is 315 g/mol. The predicted molar refractivity (Wildman–Crippen MR) is 83.5 cm³/mol. The molecule has 112 valence electrons. The monoisotopic (exact) mass is 315 g/mol. The predicted octanol–water partition coefficient (Wildman–Crippen LogP) is 1.37. The zero-order chi connectivity index (χ0) is 14.8.